The van der Waals surface area contributed by atoms with Crippen molar-refractivity contribution in [3.05, 3.63) is 92.9 Å². The van der Waals surface area contributed by atoms with Crippen molar-refractivity contribution in [3.8, 4) is 17.1 Å². The minimum absolute atomic E-state index is 0.279. The van der Waals surface area contributed by atoms with Crippen molar-refractivity contribution in [3.63, 3.8) is 0 Å². The average Bonchev–Trinajstić information content (AvgIpc) is 3.22. The Morgan fingerprint density at radius 3 is 2.48 bits per heavy atom. The van der Waals surface area contributed by atoms with E-state index in [9.17, 15) is 4.79 Å². The topological polar surface area (TPSA) is 69.0 Å². The number of rotatable bonds is 7. The van der Waals surface area contributed by atoms with Gasteiger partial charge in [0.15, 0.2) is 12.4 Å². The Balaban J connectivity index is 1.58. The fraction of sp³-hybridized carbons (Fsp3) is 0.125. The Hall–Kier alpha value is -3.06. The van der Waals surface area contributed by atoms with E-state index in [2.05, 4.69) is 15.4 Å². The molecule has 9 heteroatoms. The predicted octanol–water partition coefficient (Wildman–Crippen LogP) is 6.55. The van der Waals surface area contributed by atoms with E-state index in [1.54, 1.807) is 24.3 Å². The van der Waals surface area contributed by atoms with Crippen LogP contribution in [0.15, 0.2) is 66.7 Å². The molecule has 4 rings (SSSR count). The normalized spacial score (nSPS) is 10.8. The summed E-state index contributed by atoms with van der Waals surface area (Å²) in [5.41, 5.74) is 2.76. The molecule has 33 heavy (non-hydrogen) atoms. The predicted molar refractivity (Wildman–Crippen MR) is 132 cm³/mol. The van der Waals surface area contributed by atoms with Crippen LogP contribution in [0, 0.1) is 6.92 Å². The van der Waals surface area contributed by atoms with E-state index in [0.717, 1.165) is 16.7 Å². The lowest BCUT2D eigenvalue weighted by Gasteiger charge is -2.10. The van der Waals surface area contributed by atoms with Gasteiger partial charge >= 0.3 is 0 Å². The van der Waals surface area contributed by atoms with Crippen LogP contribution in [0.4, 0.5) is 5.95 Å². The first kappa shape index (κ1) is 23.1. The first-order valence-electron chi connectivity index (χ1n) is 10.0. The largest absolute Gasteiger partial charge is 0.482 e. The van der Waals surface area contributed by atoms with Crippen LogP contribution in [0.25, 0.3) is 11.4 Å². The molecule has 4 aromatic rings. The van der Waals surface area contributed by atoms with Crippen LogP contribution in [0.5, 0.6) is 5.75 Å². The van der Waals surface area contributed by atoms with E-state index in [4.69, 9.17) is 39.5 Å². The second kappa shape index (κ2) is 10.3. The van der Waals surface area contributed by atoms with Gasteiger partial charge in [0.25, 0.3) is 5.91 Å². The van der Waals surface area contributed by atoms with Crippen molar-refractivity contribution in [2.45, 2.75) is 13.5 Å². The van der Waals surface area contributed by atoms with Gasteiger partial charge in [-0.05, 0) is 36.8 Å². The van der Waals surface area contributed by atoms with Gasteiger partial charge in [-0.25, -0.2) is 0 Å². The third kappa shape index (κ3) is 5.66. The lowest BCUT2D eigenvalue weighted by atomic mass is 10.1. The minimum Gasteiger partial charge on any atom is -0.482 e. The molecule has 1 heterocycles. The molecule has 0 radical (unpaired) electrons. The van der Waals surface area contributed by atoms with Crippen molar-refractivity contribution in [1.29, 1.82) is 0 Å². The molecule has 0 unspecified atom stereocenters. The quantitative estimate of drug-likeness (QED) is 0.311. The number of aryl methyl sites for hydroxylation is 1. The van der Waals surface area contributed by atoms with Crippen LogP contribution < -0.4 is 10.1 Å². The first-order chi connectivity index (χ1) is 15.9. The molecule has 6 nitrogen and oxygen atoms in total. The molecule has 0 fully saturated rings. The number of benzene rings is 3. The number of aromatic nitrogens is 3. The molecule has 1 N–H and O–H groups in total. The van der Waals surface area contributed by atoms with Gasteiger partial charge in [-0.2, -0.15) is 9.67 Å². The minimum atomic E-state index is -0.423. The Morgan fingerprint density at radius 1 is 1.00 bits per heavy atom. The number of anilines is 1. The molecule has 0 bridgehead atoms. The zero-order valence-corrected chi connectivity index (χ0v) is 19.8. The molecule has 3 aromatic carbocycles. The van der Waals surface area contributed by atoms with Crippen molar-refractivity contribution in [1.82, 2.24) is 14.8 Å². The second-order valence-corrected chi connectivity index (χ2v) is 8.49. The Kier molecular flexibility index (Phi) is 7.18. The van der Waals surface area contributed by atoms with Crippen LogP contribution in [0.1, 0.15) is 15.9 Å². The average molecular weight is 502 g/mol. The zero-order chi connectivity index (χ0) is 23.4. The molecule has 0 aliphatic carbocycles. The third-order valence-electron chi connectivity index (χ3n) is 4.79. The number of halogens is 3. The summed E-state index contributed by atoms with van der Waals surface area (Å²) in [6, 6.07) is 19.9. The van der Waals surface area contributed by atoms with Crippen LogP contribution in [0.3, 0.4) is 0 Å². The molecule has 0 aliphatic heterocycles. The number of nitrogens with one attached hydrogen (secondary N) is 1. The van der Waals surface area contributed by atoms with Crippen LogP contribution in [0.2, 0.25) is 15.1 Å². The lowest BCUT2D eigenvalue weighted by molar-refractivity contribution is 0.0824. The van der Waals surface area contributed by atoms with Crippen LogP contribution in [-0.2, 0) is 6.54 Å². The highest BCUT2D eigenvalue weighted by atomic mass is 35.5. The van der Waals surface area contributed by atoms with Gasteiger partial charge in [0.2, 0.25) is 5.95 Å². The van der Waals surface area contributed by atoms with Gasteiger partial charge in [0, 0.05) is 22.2 Å². The molecule has 1 aromatic heterocycles. The van der Waals surface area contributed by atoms with Crippen LogP contribution in [-0.4, -0.2) is 27.3 Å². The summed E-state index contributed by atoms with van der Waals surface area (Å²) in [4.78, 5) is 17.5. The first-order valence-corrected chi connectivity index (χ1v) is 11.2. The second-order valence-electron chi connectivity index (χ2n) is 7.24. The molecule has 0 saturated carbocycles. The number of carbonyl (C=O) groups excluding carboxylic acids is 1. The maximum absolute atomic E-state index is 13.0. The van der Waals surface area contributed by atoms with Gasteiger partial charge in [0.1, 0.15) is 5.75 Å². The summed E-state index contributed by atoms with van der Waals surface area (Å²) in [6.45, 7) is 2.07. The van der Waals surface area contributed by atoms with Gasteiger partial charge in [-0.3, -0.25) is 4.79 Å². The maximum atomic E-state index is 13.0. The Morgan fingerprint density at radius 2 is 1.76 bits per heavy atom. The van der Waals surface area contributed by atoms with Crippen molar-refractivity contribution in [2.75, 3.05) is 11.9 Å². The number of carbonyl (C=O) groups is 1. The summed E-state index contributed by atoms with van der Waals surface area (Å²) in [6.07, 6.45) is 0. The fourth-order valence-electron chi connectivity index (χ4n) is 3.03. The fourth-order valence-corrected chi connectivity index (χ4v) is 3.70. The summed E-state index contributed by atoms with van der Waals surface area (Å²) < 4.78 is 6.79. The van der Waals surface area contributed by atoms with Crippen LogP contribution >= 0.6 is 34.8 Å². The molecular formula is C24H19Cl3N4O2. The maximum Gasteiger partial charge on any atom is 0.287 e. The van der Waals surface area contributed by atoms with Crippen molar-refractivity contribution >= 4 is 46.7 Å². The molecule has 168 valence electrons. The molecule has 0 atom stereocenters. The molecule has 0 spiro atoms. The summed E-state index contributed by atoms with van der Waals surface area (Å²) >= 11 is 18.3. The van der Waals surface area contributed by atoms with Gasteiger partial charge in [0.05, 0.1) is 5.02 Å². The van der Waals surface area contributed by atoms with Gasteiger partial charge < -0.3 is 10.1 Å². The summed E-state index contributed by atoms with van der Waals surface area (Å²) in [7, 11) is 0. The van der Waals surface area contributed by atoms with E-state index < -0.39 is 5.91 Å². The molecule has 0 saturated heterocycles. The SMILES string of the molecule is Cc1ccc(-c2nc(NCc3ccccc3Cl)n(C(=O)COc3ccc(Cl)cc3Cl)n2)cc1. The highest BCUT2D eigenvalue weighted by Crippen LogP contribution is 2.27. The van der Waals surface area contributed by atoms with Crippen molar-refractivity contribution in [2.24, 2.45) is 0 Å². The van der Waals surface area contributed by atoms with E-state index in [0.29, 0.717) is 33.2 Å². The molecule has 0 aliphatic rings. The van der Waals surface area contributed by atoms with E-state index in [1.807, 2.05) is 49.4 Å². The number of nitrogens with zero attached hydrogens (tertiary/aromatic N) is 3. The highest BCUT2D eigenvalue weighted by molar-refractivity contribution is 6.35. The van der Waals surface area contributed by atoms with Gasteiger partial charge in [-0.15, -0.1) is 5.10 Å². The standard InChI is InChI=1S/C24H19Cl3N4O2/c1-15-6-8-16(9-7-15)23-29-24(28-13-17-4-2-3-5-19(17)26)31(30-23)22(32)14-33-21-11-10-18(25)12-20(21)27/h2-12H,13-14H2,1H3,(H,28,29,30). The Bertz CT molecular complexity index is 1290. The number of hydrogen-bond acceptors (Lipinski definition) is 5. The molecule has 0 amide bonds. The zero-order valence-electron chi connectivity index (χ0n) is 17.6. The van der Waals surface area contributed by atoms with Gasteiger partial charge in [-0.1, -0.05) is 82.8 Å². The smallest absolute Gasteiger partial charge is 0.287 e. The van der Waals surface area contributed by atoms with E-state index in [1.165, 1.54) is 4.68 Å². The number of hydrogen-bond donors (Lipinski definition) is 1. The highest BCUT2D eigenvalue weighted by Gasteiger charge is 2.19. The van der Waals surface area contributed by atoms with E-state index >= 15 is 0 Å². The van der Waals surface area contributed by atoms with E-state index in [-0.39, 0.29) is 12.6 Å². The monoisotopic (exact) mass is 500 g/mol. The molecular weight excluding hydrogens is 483 g/mol. The Labute approximate surface area is 206 Å². The summed E-state index contributed by atoms with van der Waals surface area (Å²) in [5.74, 6) is 0.614. The third-order valence-corrected chi connectivity index (χ3v) is 5.69. The van der Waals surface area contributed by atoms with Crippen molar-refractivity contribution < 1.29 is 9.53 Å². The number of ether oxygens (including phenoxy) is 1. The lowest BCUT2D eigenvalue weighted by Crippen LogP contribution is -2.23. The summed E-state index contributed by atoms with van der Waals surface area (Å²) in [5, 5.41) is 8.97.